The lowest BCUT2D eigenvalue weighted by Gasteiger charge is -2.15. The summed E-state index contributed by atoms with van der Waals surface area (Å²) >= 11 is 0. The molecular formula is C13H22N4O2. The van der Waals surface area contributed by atoms with Gasteiger partial charge >= 0.3 is 0 Å². The second kappa shape index (κ2) is 6.68. The lowest BCUT2D eigenvalue weighted by Crippen LogP contribution is -2.16. The molecule has 19 heavy (non-hydrogen) atoms. The molecule has 1 aliphatic rings. The Morgan fingerprint density at radius 3 is 2.95 bits per heavy atom. The minimum atomic E-state index is 0.0626. The molecule has 106 valence electrons. The standard InChI is InChI=1S/C13H22N4O2/c1-9(2)15-12-7-11(10-3-6-19-8-10)16-13(17-12)14-4-5-18/h7,9-10,18H,3-6,8H2,1-2H3,(H2,14,15,16,17)/t10-/m0/s1. The smallest absolute Gasteiger partial charge is 0.224 e. The molecule has 0 unspecified atom stereocenters. The topological polar surface area (TPSA) is 79.3 Å². The summed E-state index contributed by atoms with van der Waals surface area (Å²) < 4.78 is 5.41. The van der Waals surface area contributed by atoms with E-state index >= 15 is 0 Å². The molecule has 3 N–H and O–H groups in total. The van der Waals surface area contributed by atoms with E-state index in [0.29, 0.717) is 24.5 Å². The zero-order valence-electron chi connectivity index (χ0n) is 11.5. The Bertz CT molecular complexity index is 406. The van der Waals surface area contributed by atoms with Crippen molar-refractivity contribution in [3.05, 3.63) is 11.8 Å². The first-order valence-electron chi connectivity index (χ1n) is 6.77. The van der Waals surface area contributed by atoms with Crippen molar-refractivity contribution in [3.63, 3.8) is 0 Å². The second-order valence-electron chi connectivity index (χ2n) is 5.01. The summed E-state index contributed by atoms with van der Waals surface area (Å²) in [6.07, 6.45) is 0.998. The zero-order chi connectivity index (χ0) is 13.7. The molecule has 2 heterocycles. The quantitative estimate of drug-likeness (QED) is 0.718. The number of hydrogen-bond donors (Lipinski definition) is 3. The summed E-state index contributed by atoms with van der Waals surface area (Å²) in [5, 5.41) is 15.2. The first-order valence-corrected chi connectivity index (χ1v) is 6.77. The number of nitrogens with one attached hydrogen (secondary N) is 2. The van der Waals surface area contributed by atoms with E-state index in [1.54, 1.807) is 0 Å². The lowest BCUT2D eigenvalue weighted by molar-refractivity contribution is 0.193. The predicted octanol–water partition coefficient (Wildman–Crippen LogP) is 1.20. The van der Waals surface area contributed by atoms with Gasteiger partial charge in [-0.2, -0.15) is 4.98 Å². The van der Waals surface area contributed by atoms with Crippen LogP contribution >= 0.6 is 0 Å². The molecule has 0 saturated carbocycles. The molecule has 0 bridgehead atoms. The van der Waals surface area contributed by atoms with Crippen LogP contribution in [0.2, 0.25) is 0 Å². The lowest BCUT2D eigenvalue weighted by atomic mass is 10.0. The molecule has 1 saturated heterocycles. The van der Waals surface area contributed by atoms with Crippen LogP contribution in [0.1, 0.15) is 31.9 Å². The monoisotopic (exact) mass is 266 g/mol. The van der Waals surface area contributed by atoms with E-state index in [0.717, 1.165) is 31.1 Å². The Morgan fingerprint density at radius 2 is 2.32 bits per heavy atom. The Labute approximate surface area is 113 Å². The van der Waals surface area contributed by atoms with Crippen LogP contribution in [0.15, 0.2) is 6.07 Å². The van der Waals surface area contributed by atoms with E-state index < -0.39 is 0 Å². The number of nitrogens with zero attached hydrogens (tertiary/aromatic N) is 2. The van der Waals surface area contributed by atoms with Crippen LogP contribution in [0.3, 0.4) is 0 Å². The Hall–Kier alpha value is -1.40. The minimum Gasteiger partial charge on any atom is -0.395 e. The van der Waals surface area contributed by atoms with Crippen LogP contribution < -0.4 is 10.6 Å². The molecule has 1 fully saturated rings. The van der Waals surface area contributed by atoms with Crippen LogP contribution in [0.5, 0.6) is 0 Å². The van der Waals surface area contributed by atoms with Gasteiger partial charge in [0.25, 0.3) is 0 Å². The number of rotatable bonds is 6. The van der Waals surface area contributed by atoms with Gasteiger partial charge in [0.15, 0.2) is 0 Å². The third kappa shape index (κ3) is 4.04. The van der Waals surface area contributed by atoms with Crippen LogP contribution in [0.25, 0.3) is 0 Å². The average Bonchev–Trinajstić information content (AvgIpc) is 2.89. The van der Waals surface area contributed by atoms with Gasteiger partial charge in [-0.25, -0.2) is 4.98 Å². The maximum atomic E-state index is 8.87. The molecule has 0 aliphatic carbocycles. The van der Waals surface area contributed by atoms with E-state index in [1.807, 2.05) is 6.07 Å². The molecule has 6 heteroatoms. The highest BCUT2D eigenvalue weighted by molar-refractivity contribution is 5.44. The van der Waals surface area contributed by atoms with Gasteiger partial charge in [-0.1, -0.05) is 0 Å². The summed E-state index contributed by atoms with van der Waals surface area (Å²) in [4.78, 5) is 8.90. The number of ether oxygens (including phenoxy) is 1. The predicted molar refractivity (Wildman–Crippen MR) is 74.5 cm³/mol. The van der Waals surface area contributed by atoms with Gasteiger partial charge in [0, 0.05) is 31.2 Å². The van der Waals surface area contributed by atoms with Crippen molar-refractivity contribution in [2.75, 3.05) is 37.0 Å². The highest BCUT2D eigenvalue weighted by atomic mass is 16.5. The van der Waals surface area contributed by atoms with Crippen molar-refractivity contribution in [1.29, 1.82) is 0 Å². The second-order valence-corrected chi connectivity index (χ2v) is 5.01. The minimum absolute atomic E-state index is 0.0626. The van der Waals surface area contributed by atoms with Crippen molar-refractivity contribution < 1.29 is 9.84 Å². The highest BCUT2D eigenvalue weighted by Crippen LogP contribution is 2.26. The van der Waals surface area contributed by atoms with Gasteiger partial charge in [0.2, 0.25) is 5.95 Å². The number of aliphatic hydroxyl groups is 1. The molecule has 2 rings (SSSR count). The van der Waals surface area contributed by atoms with Crippen LogP contribution in [0, 0.1) is 0 Å². The van der Waals surface area contributed by atoms with Gasteiger partial charge in [-0.15, -0.1) is 0 Å². The number of hydrogen-bond acceptors (Lipinski definition) is 6. The zero-order valence-corrected chi connectivity index (χ0v) is 11.5. The first-order chi connectivity index (χ1) is 9.19. The molecule has 0 amide bonds. The molecular weight excluding hydrogens is 244 g/mol. The number of anilines is 2. The molecule has 0 radical (unpaired) electrons. The molecule has 0 aromatic carbocycles. The molecule has 1 atom stereocenters. The number of aromatic nitrogens is 2. The van der Waals surface area contributed by atoms with Gasteiger partial charge in [-0.3, -0.25) is 0 Å². The Morgan fingerprint density at radius 1 is 1.47 bits per heavy atom. The van der Waals surface area contributed by atoms with Gasteiger partial charge in [0.05, 0.1) is 18.9 Å². The molecule has 1 aliphatic heterocycles. The van der Waals surface area contributed by atoms with E-state index in [-0.39, 0.29) is 6.61 Å². The highest BCUT2D eigenvalue weighted by Gasteiger charge is 2.20. The fraction of sp³-hybridized carbons (Fsp3) is 0.692. The van der Waals surface area contributed by atoms with Crippen molar-refractivity contribution in [2.45, 2.75) is 32.2 Å². The molecule has 6 nitrogen and oxygen atoms in total. The maximum Gasteiger partial charge on any atom is 0.224 e. The first kappa shape index (κ1) is 14.0. The summed E-state index contributed by atoms with van der Waals surface area (Å²) in [5.74, 6) is 1.71. The van der Waals surface area contributed by atoms with E-state index in [4.69, 9.17) is 9.84 Å². The maximum absolute atomic E-state index is 8.87. The van der Waals surface area contributed by atoms with Gasteiger partial charge in [0.1, 0.15) is 5.82 Å². The van der Waals surface area contributed by atoms with E-state index in [9.17, 15) is 0 Å². The summed E-state index contributed by atoms with van der Waals surface area (Å²) in [6, 6.07) is 2.30. The van der Waals surface area contributed by atoms with Crippen molar-refractivity contribution in [1.82, 2.24) is 9.97 Å². The largest absolute Gasteiger partial charge is 0.395 e. The van der Waals surface area contributed by atoms with Gasteiger partial charge in [-0.05, 0) is 20.3 Å². The van der Waals surface area contributed by atoms with Crippen LogP contribution in [-0.4, -0.2) is 47.5 Å². The van der Waals surface area contributed by atoms with Crippen LogP contribution in [0.4, 0.5) is 11.8 Å². The third-order valence-electron chi connectivity index (χ3n) is 2.93. The van der Waals surface area contributed by atoms with Gasteiger partial charge < -0.3 is 20.5 Å². The number of aliphatic hydroxyl groups excluding tert-OH is 1. The summed E-state index contributed by atoms with van der Waals surface area (Å²) in [5.41, 5.74) is 0.996. The Kier molecular flexibility index (Phi) is 4.93. The summed E-state index contributed by atoms with van der Waals surface area (Å²) in [7, 11) is 0. The van der Waals surface area contributed by atoms with E-state index in [1.165, 1.54) is 0 Å². The van der Waals surface area contributed by atoms with Crippen LogP contribution in [-0.2, 0) is 4.74 Å². The fourth-order valence-corrected chi connectivity index (χ4v) is 2.06. The molecule has 1 aromatic heterocycles. The van der Waals surface area contributed by atoms with E-state index in [2.05, 4.69) is 34.4 Å². The molecule has 0 spiro atoms. The average molecular weight is 266 g/mol. The SMILES string of the molecule is CC(C)Nc1cc([C@H]2CCOC2)nc(NCCO)n1. The van der Waals surface area contributed by atoms with Crippen molar-refractivity contribution in [2.24, 2.45) is 0 Å². The summed E-state index contributed by atoms with van der Waals surface area (Å²) in [6.45, 7) is 6.17. The van der Waals surface area contributed by atoms with Crippen molar-refractivity contribution >= 4 is 11.8 Å². The fourth-order valence-electron chi connectivity index (χ4n) is 2.06. The van der Waals surface area contributed by atoms with Crippen molar-refractivity contribution in [3.8, 4) is 0 Å². The third-order valence-corrected chi connectivity index (χ3v) is 2.93. The Balaban J connectivity index is 2.19. The normalized spacial score (nSPS) is 18.8. The molecule has 1 aromatic rings.